The van der Waals surface area contributed by atoms with Gasteiger partial charge in [-0.15, -0.1) is 0 Å². The van der Waals surface area contributed by atoms with E-state index >= 15 is 0 Å². The number of benzene rings is 1. The van der Waals surface area contributed by atoms with Gasteiger partial charge in [0.05, 0.1) is 10.7 Å². The van der Waals surface area contributed by atoms with Gasteiger partial charge >= 0.3 is 0 Å². The van der Waals surface area contributed by atoms with Gasteiger partial charge in [0, 0.05) is 12.8 Å². The van der Waals surface area contributed by atoms with E-state index < -0.39 is 0 Å². The van der Waals surface area contributed by atoms with Crippen LogP contribution in [0, 0.1) is 5.41 Å². The summed E-state index contributed by atoms with van der Waals surface area (Å²) in [7, 11) is 0. The Labute approximate surface area is 110 Å². The molecular weight excluding hydrogens is 254 g/mol. The van der Waals surface area contributed by atoms with Crippen LogP contribution >= 0.6 is 11.6 Å². The Balaban J connectivity index is 2.36. The van der Waals surface area contributed by atoms with Crippen molar-refractivity contribution in [1.82, 2.24) is 0 Å². The Morgan fingerprint density at radius 3 is 2.28 bits per heavy atom. The summed E-state index contributed by atoms with van der Waals surface area (Å²) in [5.74, 6) is -0.548. The molecular formula is C13H14ClNO3. The molecule has 1 N–H and O–H groups in total. The number of hydrogen-bond acceptors (Lipinski definition) is 3. The largest absolute Gasteiger partial charge is 0.506 e. The SMILES string of the molecule is CC1(C)CC(=O)N(c2ccc(O)c(Cl)c2)C(=O)C1. The average Bonchev–Trinajstić information content (AvgIpc) is 2.20. The first-order chi connectivity index (χ1) is 8.30. The predicted molar refractivity (Wildman–Crippen MR) is 68.6 cm³/mol. The van der Waals surface area contributed by atoms with Crippen LogP contribution in [0.25, 0.3) is 0 Å². The fraction of sp³-hybridized carbons (Fsp3) is 0.385. The van der Waals surface area contributed by atoms with Crippen LogP contribution in [-0.4, -0.2) is 16.9 Å². The lowest BCUT2D eigenvalue weighted by Gasteiger charge is -2.34. The zero-order valence-corrected chi connectivity index (χ0v) is 11.0. The number of carbonyl (C=O) groups is 2. The Hall–Kier alpha value is -1.55. The molecule has 0 saturated carbocycles. The number of amides is 2. The van der Waals surface area contributed by atoms with Crippen molar-refractivity contribution < 1.29 is 14.7 Å². The molecule has 0 aromatic heterocycles. The molecule has 0 spiro atoms. The van der Waals surface area contributed by atoms with E-state index in [1.165, 1.54) is 18.2 Å². The summed E-state index contributed by atoms with van der Waals surface area (Å²) >= 11 is 5.79. The van der Waals surface area contributed by atoms with Crippen molar-refractivity contribution in [1.29, 1.82) is 0 Å². The van der Waals surface area contributed by atoms with Crippen LogP contribution in [0.3, 0.4) is 0 Å². The second kappa shape index (κ2) is 4.28. The molecule has 5 heteroatoms. The third-order valence-electron chi connectivity index (χ3n) is 2.95. The fourth-order valence-electron chi connectivity index (χ4n) is 2.10. The van der Waals surface area contributed by atoms with Gasteiger partial charge in [0.1, 0.15) is 5.75 Å². The molecule has 18 heavy (non-hydrogen) atoms. The normalized spacial score (nSPS) is 19.2. The van der Waals surface area contributed by atoms with Crippen LogP contribution in [0.4, 0.5) is 5.69 Å². The van der Waals surface area contributed by atoms with Crippen LogP contribution in [-0.2, 0) is 9.59 Å². The van der Waals surface area contributed by atoms with E-state index in [4.69, 9.17) is 11.6 Å². The summed E-state index contributed by atoms with van der Waals surface area (Å²) in [6.45, 7) is 3.79. The molecule has 2 rings (SSSR count). The summed E-state index contributed by atoms with van der Waals surface area (Å²) in [6.07, 6.45) is 0.633. The van der Waals surface area contributed by atoms with Crippen molar-refractivity contribution in [2.24, 2.45) is 5.41 Å². The summed E-state index contributed by atoms with van der Waals surface area (Å²) < 4.78 is 0. The number of aromatic hydroxyl groups is 1. The maximum absolute atomic E-state index is 12.0. The molecule has 0 atom stereocenters. The maximum Gasteiger partial charge on any atom is 0.234 e. The van der Waals surface area contributed by atoms with Crippen molar-refractivity contribution in [3.05, 3.63) is 23.2 Å². The lowest BCUT2D eigenvalue weighted by atomic mass is 9.81. The monoisotopic (exact) mass is 267 g/mol. The number of rotatable bonds is 1. The van der Waals surface area contributed by atoms with Crippen molar-refractivity contribution >= 4 is 29.1 Å². The van der Waals surface area contributed by atoms with E-state index in [0.717, 1.165) is 4.90 Å². The van der Waals surface area contributed by atoms with Crippen LogP contribution < -0.4 is 4.90 Å². The highest BCUT2D eigenvalue weighted by atomic mass is 35.5. The molecule has 1 saturated heterocycles. The van der Waals surface area contributed by atoms with Crippen LogP contribution in [0.15, 0.2) is 18.2 Å². The van der Waals surface area contributed by atoms with E-state index in [1.807, 2.05) is 13.8 Å². The molecule has 0 bridgehead atoms. The molecule has 0 unspecified atom stereocenters. The minimum Gasteiger partial charge on any atom is -0.506 e. The number of phenolic OH excluding ortho intramolecular Hbond substituents is 1. The van der Waals surface area contributed by atoms with Crippen LogP contribution in [0.1, 0.15) is 26.7 Å². The molecule has 1 aliphatic rings. The lowest BCUT2D eigenvalue weighted by Crippen LogP contribution is -2.46. The first kappa shape index (κ1) is 12.9. The molecule has 1 aromatic rings. The standard InChI is InChI=1S/C13H14ClNO3/c1-13(2)6-11(17)15(12(18)7-13)8-3-4-10(16)9(14)5-8/h3-5,16H,6-7H2,1-2H3. The highest BCUT2D eigenvalue weighted by molar-refractivity contribution is 6.32. The molecule has 1 aromatic carbocycles. The molecule has 0 aliphatic carbocycles. The van der Waals surface area contributed by atoms with Crippen LogP contribution in [0.5, 0.6) is 5.75 Å². The van der Waals surface area contributed by atoms with E-state index in [9.17, 15) is 14.7 Å². The summed E-state index contributed by atoms with van der Waals surface area (Å²) in [5, 5.41) is 9.46. The minimum absolute atomic E-state index is 0.0716. The topological polar surface area (TPSA) is 57.6 Å². The number of nitrogens with zero attached hydrogens (tertiary/aromatic N) is 1. The molecule has 96 valence electrons. The summed E-state index contributed by atoms with van der Waals surface area (Å²) in [6, 6.07) is 4.30. The highest BCUT2D eigenvalue weighted by Gasteiger charge is 2.38. The van der Waals surface area contributed by atoms with Gasteiger partial charge in [0.25, 0.3) is 0 Å². The number of anilines is 1. The number of hydrogen-bond donors (Lipinski definition) is 1. The number of carbonyl (C=O) groups excluding carboxylic acids is 2. The third kappa shape index (κ3) is 2.34. The summed E-state index contributed by atoms with van der Waals surface area (Å²) in [5.41, 5.74) is 0.106. The highest BCUT2D eigenvalue weighted by Crippen LogP contribution is 2.36. The van der Waals surface area contributed by atoms with E-state index in [0.29, 0.717) is 18.5 Å². The Morgan fingerprint density at radius 2 is 1.78 bits per heavy atom. The summed E-state index contributed by atoms with van der Waals surface area (Å²) in [4.78, 5) is 25.2. The zero-order chi connectivity index (χ0) is 13.5. The quantitative estimate of drug-likeness (QED) is 0.796. The van der Waals surface area contributed by atoms with Gasteiger partial charge in [0.2, 0.25) is 11.8 Å². The fourth-order valence-corrected chi connectivity index (χ4v) is 2.28. The van der Waals surface area contributed by atoms with E-state index in [1.54, 1.807) is 0 Å². The Bertz CT molecular complexity index is 505. The second-order valence-electron chi connectivity index (χ2n) is 5.28. The van der Waals surface area contributed by atoms with Crippen molar-refractivity contribution in [3.8, 4) is 5.75 Å². The second-order valence-corrected chi connectivity index (χ2v) is 5.68. The van der Waals surface area contributed by atoms with Crippen molar-refractivity contribution in [2.75, 3.05) is 4.90 Å². The van der Waals surface area contributed by atoms with Gasteiger partial charge in [-0.2, -0.15) is 0 Å². The van der Waals surface area contributed by atoms with E-state index in [-0.39, 0.29) is 28.0 Å². The van der Waals surface area contributed by atoms with Gasteiger partial charge in [-0.25, -0.2) is 0 Å². The van der Waals surface area contributed by atoms with Gasteiger partial charge in [0.15, 0.2) is 0 Å². The third-order valence-corrected chi connectivity index (χ3v) is 3.25. The average molecular weight is 268 g/mol. The van der Waals surface area contributed by atoms with Gasteiger partial charge in [-0.1, -0.05) is 25.4 Å². The van der Waals surface area contributed by atoms with Crippen LogP contribution in [0.2, 0.25) is 5.02 Å². The molecule has 1 heterocycles. The maximum atomic E-state index is 12.0. The Kier molecular flexibility index (Phi) is 3.07. The van der Waals surface area contributed by atoms with E-state index in [2.05, 4.69) is 0 Å². The lowest BCUT2D eigenvalue weighted by molar-refractivity contribution is -0.132. The molecule has 1 fully saturated rings. The number of phenols is 1. The molecule has 2 amide bonds. The number of halogens is 1. The first-order valence-electron chi connectivity index (χ1n) is 5.64. The van der Waals surface area contributed by atoms with Crippen molar-refractivity contribution in [2.45, 2.75) is 26.7 Å². The molecule has 0 radical (unpaired) electrons. The molecule has 4 nitrogen and oxygen atoms in total. The van der Waals surface area contributed by atoms with Gasteiger partial charge in [-0.3, -0.25) is 14.5 Å². The predicted octanol–water partition coefficient (Wildman–Crippen LogP) is 2.73. The smallest absolute Gasteiger partial charge is 0.234 e. The minimum atomic E-state index is -0.300. The van der Waals surface area contributed by atoms with Gasteiger partial charge < -0.3 is 5.11 Å². The van der Waals surface area contributed by atoms with Crippen molar-refractivity contribution in [3.63, 3.8) is 0 Å². The molecule has 1 aliphatic heterocycles. The van der Waals surface area contributed by atoms with Gasteiger partial charge in [-0.05, 0) is 23.6 Å². The number of piperidine rings is 1. The Morgan fingerprint density at radius 1 is 1.22 bits per heavy atom. The first-order valence-corrected chi connectivity index (χ1v) is 6.02. The zero-order valence-electron chi connectivity index (χ0n) is 10.2. The number of imide groups is 1.